The molecule has 0 aliphatic carbocycles. The molecule has 44 valence electrons. The van der Waals surface area contributed by atoms with Crippen LogP contribution in [0.2, 0.25) is 0 Å². The fourth-order valence-electron chi connectivity index (χ4n) is 0.107. The number of aldehydes is 1. The Hall–Kier alpha value is -1.16. The van der Waals surface area contributed by atoms with Crippen molar-refractivity contribution in [1.29, 1.82) is 0 Å². The molecular formula is C4H4O4. The van der Waals surface area contributed by atoms with E-state index in [1.807, 2.05) is 0 Å². The fraction of sp³-hybridized carbons (Fsp3) is 0. The molecule has 0 unspecified atom stereocenters. The summed E-state index contributed by atoms with van der Waals surface area (Å²) < 4.78 is 0. The first-order chi connectivity index (χ1) is 3.72. The molecule has 1 N–H and O–H groups in total. The zero-order valence-electron chi connectivity index (χ0n) is 3.96. The molecule has 0 fully saturated rings. The Morgan fingerprint density at radius 1 is 1.75 bits per heavy atom. The third-order valence-corrected chi connectivity index (χ3v) is 0.487. The number of rotatable bonds is 2. The highest BCUT2D eigenvalue weighted by Crippen LogP contribution is 1.84. The number of hydrogen-bond donors (Lipinski definition) is 1. The molecule has 0 saturated heterocycles. The van der Waals surface area contributed by atoms with E-state index in [1.165, 1.54) is 0 Å². The Morgan fingerprint density at radius 2 is 2.25 bits per heavy atom. The zero-order chi connectivity index (χ0) is 6.57. The number of carbonyl (C=O) groups is 2. The van der Waals surface area contributed by atoms with Crippen LogP contribution in [0.1, 0.15) is 0 Å². The van der Waals surface area contributed by atoms with Crippen LogP contribution in [0.4, 0.5) is 0 Å². The van der Waals surface area contributed by atoms with Gasteiger partial charge in [0.05, 0.1) is 5.57 Å². The molecule has 0 amide bonds. The van der Waals surface area contributed by atoms with Gasteiger partial charge in [0.2, 0.25) is 0 Å². The summed E-state index contributed by atoms with van der Waals surface area (Å²) in [6.45, 7) is 2.94. The predicted molar refractivity (Wildman–Crippen MR) is 23.9 cm³/mol. The van der Waals surface area contributed by atoms with Gasteiger partial charge >= 0.3 is 5.97 Å². The lowest BCUT2D eigenvalue weighted by molar-refractivity contribution is -0.229. The molecule has 0 aromatic rings. The van der Waals surface area contributed by atoms with Gasteiger partial charge in [0.25, 0.3) is 0 Å². The van der Waals surface area contributed by atoms with E-state index in [4.69, 9.17) is 5.26 Å². The highest BCUT2D eigenvalue weighted by Gasteiger charge is 2.04. The van der Waals surface area contributed by atoms with Crippen LogP contribution in [0.5, 0.6) is 0 Å². The van der Waals surface area contributed by atoms with Crippen molar-refractivity contribution in [3.8, 4) is 0 Å². The Balaban J connectivity index is 3.82. The number of hydrogen-bond acceptors (Lipinski definition) is 4. The van der Waals surface area contributed by atoms with Gasteiger partial charge in [0.1, 0.15) is 0 Å². The molecule has 4 heteroatoms. The Bertz CT molecular complexity index is 126. The van der Waals surface area contributed by atoms with Crippen LogP contribution in [-0.2, 0) is 14.5 Å². The molecule has 0 radical (unpaired) electrons. The Kier molecular flexibility index (Phi) is 2.50. The minimum absolute atomic E-state index is 0.193. The van der Waals surface area contributed by atoms with Crippen molar-refractivity contribution >= 4 is 12.3 Å². The van der Waals surface area contributed by atoms with E-state index >= 15 is 0 Å². The highest BCUT2D eigenvalue weighted by atomic mass is 17.1. The van der Waals surface area contributed by atoms with Crippen molar-refractivity contribution in [2.24, 2.45) is 0 Å². The van der Waals surface area contributed by atoms with E-state index < -0.39 is 11.5 Å². The van der Waals surface area contributed by atoms with Gasteiger partial charge in [-0.15, -0.1) is 0 Å². The maximum absolute atomic E-state index is 9.94. The van der Waals surface area contributed by atoms with Gasteiger partial charge in [-0.2, -0.15) is 5.26 Å². The van der Waals surface area contributed by atoms with Gasteiger partial charge in [0, 0.05) is 0 Å². The second-order valence-corrected chi connectivity index (χ2v) is 1.02. The lowest BCUT2D eigenvalue weighted by atomic mass is 10.4. The van der Waals surface area contributed by atoms with Gasteiger partial charge < -0.3 is 0 Å². The molecule has 0 atom stereocenters. The van der Waals surface area contributed by atoms with Crippen LogP contribution in [0.25, 0.3) is 0 Å². The fourth-order valence-corrected chi connectivity index (χ4v) is 0.107. The van der Waals surface area contributed by atoms with Crippen LogP contribution < -0.4 is 0 Å². The van der Waals surface area contributed by atoms with Crippen LogP contribution in [0.15, 0.2) is 12.2 Å². The monoisotopic (exact) mass is 116 g/mol. The van der Waals surface area contributed by atoms with Crippen molar-refractivity contribution < 1.29 is 19.7 Å². The minimum Gasteiger partial charge on any atom is -0.298 e. The first-order valence-corrected chi connectivity index (χ1v) is 1.72. The standard InChI is InChI=1S/C4H4O4/c1-3(2-5)4(6)8-7/h2,7H,1H2. The van der Waals surface area contributed by atoms with Crippen LogP contribution in [0, 0.1) is 0 Å². The van der Waals surface area contributed by atoms with Crippen molar-refractivity contribution in [3.05, 3.63) is 12.2 Å². The van der Waals surface area contributed by atoms with Crippen molar-refractivity contribution in [3.63, 3.8) is 0 Å². The second-order valence-electron chi connectivity index (χ2n) is 1.02. The summed E-state index contributed by atoms with van der Waals surface area (Å²) in [5.74, 6) is -1.12. The molecule has 0 spiro atoms. The average molecular weight is 116 g/mol. The van der Waals surface area contributed by atoms with Gasteiger partial charge in [-0.1, -0.05) is 6.58 Å². The maximum atomic E-state index is 9.94. The Labute approximate surface area is 45.3 Å². The van der Waals surface area contributed by atoms with Gasteiger partial charge in [0.15, 0.2) is 6.29 Å². The summed E-state index contributed by atoms with van der Waals surface area (Å²) >= 11 is 0. The largest absolute Gasteiger partial charge is 0.375 e. The van der Waals surface area contributed by atoms with E-state index in [-0.39, 0.29) is 6.29 Å². The molecule has 0 aromatic carbocycles. The van der Waals surface area contributed by atoms with Gasteiger partial charge in [-0.3, -0.25) is 9.68 Å². The molecule has 0 saturated carbocycles. The number of carbonyl (C=O) groups excluding carboxylic acids is 2. The lowest BCUT2D eigenvalue weighted by Crippen LogP contribution is -2.03. The zero-order valence-corrected chi connectivity index (χ0v) is 3.96. The average Bonchev–Trinajstić information content (AvgIpc) is 1.84. The SMILES string of the molecule is C=C(C=O)C(=O)OO. The van der Waals surface area contributed by atoms with Crippen molar-refractivity contribution in [2.75, 3.05) is 0 Å². The second kappa shape index (κ2) is 2.92. The first-order valence-electron chi connectivity index (χ1n) is 1.72. The molecule has 0 aliphatic rings. The van der Waals surface area contributed by atoms with Crippen LogP contribution in [-0.4, -0.2) is 17.5 Å². The van der Waals surface area contributed by atoms with Gasteiger partial charge in [-0.25, -0.2) is 4.79 Å². The molecule has 0 heterocycles. The molecule has 8 heavy (non-hydrogen) atoms. The van der Waals surface area contributed by atoms with Crippen molar-refractivity contribution in [1.82, 2.24) is 0 Å². The third-order valence-electron chi connectivity index (χ3n) is 0.487. The molecule has 0 aromatic heterocycles. The molecular weight excluding hydrogens is 112 g/mol. The summed E-state index contributed by atoms with van der Waals surface area (Å²) in [4.78, 5) is 22.7. The summed E-state index contributed by atoms with van der Waals surface area (Å²) in [7, 11) is 0. The molecule has 4 nitrogen and oxygen atoms in total. The van der Waals surface area contributed by atoms with E-state index in [2.05, 4.69) is 11.5 Å². The van der Waals surface area contributed by atoms with E-state index in [0.717, 1.165) is 0 Å². The van der Waals surface area contributed by atoms with E-state index in [9.17, 15) is 9.59 Å². The van der Waals surface area contributed by atoms with E-state index in [1.54, 1.807) is 0 Å². The highest BCUT2D eigenvalue weighted by molar-refractivity contribution is 6.06. The smallest absolute Gasteiger partial charge is 0.298 e. The summed E-state index contributed by atoms with van der Waals surface area (Å²) in [5, 5.41) is 7.57. The third kappa shape index (κ3) is 1.53. The van der Waals surface area contributed by atoms with Crippen LogP contribution in [0.3, 0.4) is 0 Å². The van der Waals surface area contributed by atoms with Crippen LogP contribution >= 0.6 is 0 Å². The molecule has 0 aliphatic heterocycles. The maximum Gasteiger partial charge on any atom is 0.375 e. The quantitative estimate of drug-likeness (QED) is 0.135. The lowest BCUT2D eigenvalue weighted by Gasteiger charge is -1.87. The molecule has 0 rings (SSSR count). The normalized spacial score (nSPS) is 7.62. The van der Waals surface area contributed by atoms with Crippen molar-refractivity contribution in [2.45, 2.75) is 0 Å². The summed E-state index contributed by atoms with van der Waals surface area (Å²) in [6.07, 6.45) is 0.193. The summed E-state index contributed by atoms with van der Waals surface area (Å²) in [6, 6.07) is 0. The summed E-state index contributed by atoms with van der Waals surface area (Å²) in [5.41, 5.74) is -0.410. The minimum atomic E-state index is -1.12. The molecule has 0 bridgehead atoms. The topological polar surface area (TPSA) is 63.6 Å². The predicted octanol–water partition coefficient (Wildman–Crippen LogP) is -0.242. The first kappa shape index (κ1) is 6.84. The van der Waals surface area contributed by atoms with E-state index in [0.29, 0.717) is 0 Å². The van der Waals surface area contributed by atoms with Gasteiger partial charge in [-0.05, 0) is 0 Å². The Morgan fingerprint density at radius 3 is 2.38 bits per heavy atom.